The van der Waals surface area contributed by atoms with Crippen molar-refractivity contribution in [1.29, 1.82) is 0 Å². The molecule has 1 unspecified atom stereocenters. The quantitative estimate of drug-likeness (QED) is 0.354. The molecule has 7 heteroatoms. The molecule has 19 heavy (non-hydrogen) atoms. The number of nitrogens with two attached hydrogens (primary N) is 1. The van der Waals surface area contributed by atoms with Gasteiger partial charge in [-0.3, -0.25) is 0 Å². The standard InChI is InChI=1S/C12H19N3O3S/c1-3-15(9-10(2)12(13)14-16)19(17,18)11-7-5-4-6-8-11/h4-8,10,16H,3,9H2,1-2H3,(H2,13,14). The second-order valence-electron chi connectivity index (χ2n) is 4.19. The Bertz CT molecular complexity index is 528. The molecule has 3 N–H and O–H groups in total. The summed E-state index contributed by atoms with van der Waals surface area (Å²) in [6.07, 6.45) is 0. The van der Waals surface area contributed by atoms with Crippen molar-refractivity contribution in [1.82, 2.24) is 4.31 Å². The van der Waals surface area contributed by atoms with Gasteiger partial charge in [0.15, 0.2) is 0 Å². The lowest BCUT2D eigenvalue weighted by Gasteiger charge is -2.23. The van der Waals surface area contributed by atoms with Crippen LogP contribution in [0.4, 0.5) is 0 Å². The Balaban J connectivity index is 2.98. The molecule has 0 saturated carbocycles. The van der Waals surface area contributed by atoms with E-state index >= 15 is 0 Å². The van der Waals surface area contributed by atoms with E-state index < -0.39 is 10.0 Å². The summed E-state index contributed by atoms with van der Waals surface area (Å²) in [5, 5.41) is 11.5. The van der Waals surface area contributed by atoms with Crippen LogP contribution in [-0.4, -0.2) is 36.9 Å². The molecule has 6 nitrogen and oxygen atoms in total. The lowest BCUT2D eigenvalue weighted by atomic mass is 10.1. The highest BCUT2D eigenvalue weighted by Gasteiger charge is 2.25. The zero-order valence-electron chi connectivity index (χ0n) is 11.0. The lowest BCUT2D eigenvalue weighted by Crippen LogP contribution is -2.38. The number of oxime groups is 1. The third-order valence-corrected chi connectivity index (χ3v) is 4.79. The molecule has 1 aromatic carbocycles. The van der Waals surface area contributed by atoms with Crippen molar-refractivity contribution >= 4 is 15.9 Å². The van der Waals surface area contributed by atoms with E-state index in [1.54, 1.807) is 44.2 Å². The average Bonchev–Trinajstić information content (AvgIpc) is 2.44. The highest BCUT2D eigenvalue weighted by atomic mass is 32.2. The summed E-state index contributed by atoms with van der Waals surface area (Å²) >= 11 is 0. The van der Waals surface area contributed by atoms with E-state index in [2.05, 4.69) is 5.16 Å². The minimum atomic E-state index is -3.55. The van der Waals surface area contributed by atoms with Crippen molar-refractivity contribution < 1.29 is 13.6 Å². The van der Waals surface area contributed by atoms with Gasteiger partial charge in [0.25, 0.3) is 0 Å². The number of amidine groups is 1. The van der Waals surface area contributed by atoms with Gasteiger partial charge in [0.1, 0.15) is 5.84 Å². The van der Waals surface area contributed by atoms with E-state index in [1.165, 1.54) is 4.31 Å². The van der Waals surface area contributed by atoms with Crippen molar-refractivity contribution in [3.63, 3.8) is 0 Å². The molecular weight excluding hydrogens is 266 g/mol. The van der Waals surface area contributed by atoms with Gasteiger partial charge in [0.2, 0.25) is 10.0 Å². The molecule has 0 amide bonds. The molecule has 0 aliphatic heterocycles. The maximum absolute atomic E-state index is 12.4. The molecule has 0 saturated heterocycles. The minimum Gasteiger partial charge on any atom is -0.409 e. The molecule has 1 rings (SSSR count). The molecular formula is C12H19N3O3S. The Labute approximate surface area is 113 Å². The zero-order chi connectivity index (χ0) is 14.5. The SMILES string of the molecule is CCN(CC(C)/C(N)=N/O)S(=O)(=O)c1ccccc1. The highest BCUT2D eigenvalue weighted by molar-refractivity contribution is 7.89. The summed E-state index contributed by atoms with van der Waals surface area (Å²) in [5.74, 6) is -0.342. The first kappa shape index (κ1) is 15.5. The summed E-state index contributed by atoms with van der Waals surface area (Å²) < 4.78 is 26.1. The van der Waals surface area contributed by atoms with E-state index in [9.17, 15) is 8.42 Å². The van der Waals surface area contributed by atoms with Gasteiger partial charge in [0.05, 0.1) is 4.90 Å². The van der Waals surface area contributed by atoms with Crippen LogP contribution in [0.15, 0.2) is 40.4 Å². The molecule has 0 aromatic heterocycles. The van der Waals surface area contributed by atoms with Gasteiger partial charge in [0, 0.05) is 19.0 Å². The Morgan fingerprint density at radius 1 is 1.42 bits per heavy atom. The average molecular weight is 285 g/mol. The topological polar surface area (TPSA) is 96.0 Å². The van der Waals surface area contributed by atoms with Crippen LogP contribution in [0.5, 0.6) is 0 Å². The zero-order valence-corrected chi connectivity index (χ0v) is 11.8. The molecule has 0 fully saturated rings. The van der Waals surface area contributed by atoms with Gasteiger partial charge in [-0.15, -0.1) is 0 Å². The number of benzene rings is 1. The molecule has 0 aliphatic rings. The van der Waals surface area contributed by atoms with Crippen LogP contribution >= 0.6 is 0 Å². The fraction of sp³-hybridized carbons (Fsp3) is 0.417. The number of nitrogens with zero attached hydrogens (tertiary/aromatic N) is 2. The largest absolute Gasteiger partial charge is 0.409 e. The van der Waals surface area contributed by atoms with Crippen LogP contribution in [0.3, 0.4) is 0 Å². The first-order chi connectivity index (χ1) is 8.93. The van der Waals surface area contributed by atoms with Gasteiger partial charge in [-0.05, 0) is 12.1 Å². The molecule has 0 heterocycles. The van der Waals surface area contributed by atoms with E-state index in [0.717, 1.165) is 0 Å². The number of hydrogen-bond acceptors (Lipinski definition) is 4. The lowest BCUT2D eigenvalue weighted by molar-refractivity contribution is 0.311. The third-order valence-electron chi connectivity index (χ3n) is 2.83. The van der Waals surface area contributed by atoms with Crippen molar-refractivity contribution in [3.8, 4) is 0 Å². The summed E-state index contributed by atoms with van der Waals surface area (Å²) in [6, 6.07) is 8.20. The maximum Gasteiger partial charge on any atom is 0.243 e. The summed E-state index contributed by atoms with van der Waals surface area (Å²) in [7, 11) is -3.55. The van der Waals surface area contributed by atoms with Gasteiger partial charge < -0.3 is 10.9 Å². The van der Waals surface area contributed by atoms with Crippen molar-refractivity contribution in [2.75, 3.05) is 13.1 Å². The van der Waals surface area contributed by atoms with Crippen molar-refractivity contribution in [3.05, 3.63) is 30.3 Å². The summed E-state index contributed by atoms with van der Waals surface area (Å²) in [6.45, 7) is 3.95. The maximum atomic E-state index is 12.4. The monoisotopic (exact) mass is 285 g/mol. The van der Waals surface area contributed by atoms with Gasteiger partial charge in [-0.1, -0.05) is 37.2 Å². The van der Waals surface area contributed by atoms with E-state index in [4.69, 9.17) is 10.9 Å². The van der Waals surface area contributed by atoms with E-state index in [0.29, 0.717) is 6.54 Å². The number of sulfonamides is 1. The van der Waals surface area contributed by atoms with Crippen LogP contribution in [0.25, 0.3) is 0 Å². The van der Waals surface area contributed by atoms with Crippen LogP contribution in [0, 0.1) is 5.92 Å². The Morgan fingerprint density at radius 3 is 2.47 bits per heavy atom. The van der Waals surface area contributed by atoms with Crippen molar-refractivity contribution in [2.24, 2.45) is 16.8 Å². The van der Waals surface area contributed by atoms with Crippen LogP contribution in [0.1, 0.15) is 13.8 Å². The molecule has 0 bridgehead atoms. The molecule has 1 atom stereocenters. The van der Waals surface area contributed by atoms with Gasteiger partial charge in [-0.2, -0.15) is 4.31 Å². The Kier molecular flexibility index (Phi) is 5.31. The molecule has 0 spiro atoms. The van der Waals surface area contributed by atoms with Gasteiger partial charge in [-0.25, -0.2) is 8.42 Å². The Hall–Kier alpha value is -1.60. The van der Waals surface area contributed by atoms with Gasteiger partial charge >= 0.3 is 0 Å². The van der Waals surface area contributed by atoms with Crippen LogP contribution < -0.4 is 5.73 Å². The highest BCUT2D eigenvalue weighted by Crippen LogP contribution is 2.16. The van der Waals surface area contributed by atoms with E-state index in [1.807, 2.05) is 0 Å². The minimum absolute atomic E-state index is 0.0155. The normalized spacial score (nSPS) is 14.6. The fourth-order valence-electron chi connectivity index (χ4n) is 1.64. The fourth-order valence-corrected chi connectivity index (χ4v) is 3.20. The first-order valence-corrected chi connectivity index (χ1v) is 7.40. The predicted molar refractivity (Wildman–Crippen MR) is 73.4 cm³/mol. The van der Waals surface area contributed by atoms with Crippen LogP contribution in [0.2, 0.25) is 0 Å². The molecule has 0 aliphatic carbocycles. The summed E-state index contributed by atoms with van der Waals surface area (Å²) in [5.41, 5.74) is 5.48. The smallest absolute Gasteiger partial charge is 0.243 e. The van der Waals surface area contributed by atoms with Crippen molar-refractivity contribution in [2.45, 2.75) is 18.7 Å². The van der Waals surface area contributed by atoms with E-state index in [-0.39, 0.29) is 23.2 Å². The molecule has 106 valence electrons. The Morgan fingerprint density at radius 2 is 2.00 bits per heavy atom. The summed E-state index contributed by atoms with van der Waals surface area (Å²) in [4.78, 5) is 0.239. The second-order valence-corrected chi connectivity index (χ2v) is 6.13. The van der Waals surface area contributed by atoms with Crippen LogP contribution in [-0.2, 0) is 10.0 Å². The molecule has 0 radical (unpaired) electrons. The molecule has 1 aromatic rings. The third kappa shape index (κ3) is 3.68. The number of hydrogen-bond donors (Lipinski definition) is 2. The number of rotatable bonds is 6. The second kappa shape index (κ2) is 6.53. The first-order valence-electron chi connectivity index (χ1n) is 5.96. The predicted octanol–water partition coefficient (Wildman–Crippen LogP) is 1.08.